The molecule has 4 heteroatoms. The molecule has 0 radical (unpaired) electrons. The van der Waals surface area contributed by atoms with E-state index in [2.05, 4.69) is 12.2 Å². The van der Waals surface area contributed by atoms with Gasteiger partial charge < -0.3 is 14.8 Å². The third kappa shape index (κ3) is 3.39. The molecular weight excluding hydrogens is 230 g/mol. The van der Waals surface area contributed by atoms with Crippen molar-refractivity contribution in [3.05, 3.63) is 23.3 Å². The Hall–Kier alpha value is -1.71. The number of hydrogen-bond donors (Lipinski definition) is 1. The van der Waals surface area contributed by atoms with Crippen LogP contribution in [0.4, 0.5) is 0 Å². The molecule has 1 N–H and O–H groups in total. The first kappa shape index (κ1) is 14.4. The third-order valence-corrected chi connectivity index (χ3v) is 2.79. The fourth-order valence-electron chi connectivity index (χ4n) is 1.70. The summed E-state index contributed by atoms with van der Waals surface area (Å²) < 4.78 is 10.4. The summed E-state index contributed by atoms with van der Waals surface area (Å²) in [5, 5.41) is 2.89. The Morgan fingerprint density at radius 3 is 2.39 bits per heavy atom. The molecule has 100 valence electrons. The summed E-state index contributed by atoms with van der Waals surface area (Å²) in [7, 11) is 3.14. The van der Waals surface area contributed by atoms with Crippen molar-refractivity contribution in [2.45, 2.75) is 26.7 Å². The van der Waals surface area contributed by atoms with Crippen LogP contribution in [0.5, 0.6) is 11.5 Å². The number of carbonyl (C=O) groups is 1. The Bertz CT molecular complexity index is 416. The first-order valence-corrected chi connectivity index (χ1v) is 6.14. The van der Waals surface area contributed by atoms with Crippen LogP contribution in [0, 0.1) is 6.92 Å². The van der Waals surface area contributed by atoms with Gasteiger partial charge in [0, 0.05) is 12.1 Å². The normalized spacial score (nSPS) is 10.0. The van der Waals surface area contributed by atoms with Crippen molar-refractivity contribution in [1.82, 2.24) is 5.32 Å². The van der Waals surface area contributed by atoms with Gasteiger partial charge >= 0.3 is 0 Å². The van der Waals surface area contributed by atoms with Gasteiger partial charge in [-0.05, 0) is 31.0 Å². The summed E-state index contributed by atoms with van der Waals surface area (Å²) in [6, 6.07) is 3.53. The molecule has 0 spiro atoms. The molecule has 4 nitrogen and oxygen atoms in total. The number of carbonyl (C=O) groups excluding carboxylic acids is 1. The van der Waals surface area contributed by atoms with E-state index in [1.165, 1.54) is 0 Å². The van der Waals surface area contributed by atoms with Crippen LogP contribution < -0.4 is 14.8 Å². The predicted octanol–water partition coefficient (Wildman–Crippen LogP) is 2.54. The quantitative estimate of drug-likeness (QED) is 0.790. The first-order chi connectivity index (χ1) is 8.63. The second kappa shape index (κ2) is 6.89. The topological polar surface area (TPSA) is 47.6 Å². The molecule has 0 aliphatic rings. The Balaban J connectivity index is 2.91. The van der Waals surface area contributed by atoms with Gasteiger partial charge in [-0.25, -0.2) is 0 Å². The molecule has 0 aliphatic carbocycles. The third-order valence-electron chi connectivity index (χ3n) is 2.79. The molecule has 0 fully saturated rings. The zero-order valence-corrected chi connectivity index (χ0v) is 11.5. The summed E-state index contributed by atoms with van der Waals surface area (Å²) in [6.45, 7) is 4.67. The SMILES string of the molecule is CCCCNC(=O)c1cc(OC)c(OC)cc1C. The fraction of sp³-hybridized carbons (Fsp3) is 0.500. The van der Waals surface area contributed by atoms with Crippen molar-refractivity contribution in [2.24, 2.45) is 0 Å². The summed E-state index contributed by atoms with van der Waals surface area (Å²) in [5.41, 5.74) is 1.51. The smallest absolute Gasteiger partial charge is 0.251 e. The minimum atomic E-state index is -0.0677. The maximum atomic E-state index is 12.0. The van der Waals surface area contributed by atoms with E-state index in [1.54, 1.807) is 20.3 Å². The van der Waals surface area contributed by atoms with E-state index in [0.29, 0.717) is 23.6 Å². The lowest BCUT2D eigenvalue weighted by atomic mass is 10.1. The largest absolute Gasteiger partial charge is 0.493 e. The van der Waals surface area contributed by atoms with Crippen LogP contribution in [0.25, 0.3) is 0 Å². The zero-order valence-electron chi connectivity index (χ0n) is 11.5. The van der Waals surface area contributed by atoms with Crippen LogP contribution in [0.15, 0.2) is 12.1 Å². The molecule has 0 aliphatic heterocycles. The molecule has 1 rings (SSSR count). The second-order valence-electron chi connectivity index (χ2n) is 4.13. The molecule has 18 heavy (non-hydrogen) atoms. The number of benzene rings is 1. The van der Waals surface area contributed by atoms with E-state index in [0.717, 1.165) is 18.4 Å². The van der Waals surface area contributed by atoms with Gasteiger partial charge in [0.15, 0.2) is 11.5 Å². The number of unbranched alkanes of at least 4 members (excludes halogenated alkanes) is 1. The maximum absolute atomic E-state index is 12.0. The number of aryl methyl sites for hydroxylation is 1. The number of amides is 1. The van der Waals surface area contributed by atoms with Gasteiger partial charge in [-0.2, -0.15) is 0 Å². The minimum absolute atomic E-state index is 0.0677. The van der Waals surface area contributed by atoms with E-state index in [-0.39, 0.29) is 5.91 Å². The van der Waals surface area contributed by atoms with Crippen molar-refractivity contribution >= 4 is 5.91 Å². The molecule has 0 atom stereocenters. The molecule has 1 amide bonds. The molecule has 0 unspecified atom stereocenters. The van der Waals surface area contributed by atoms with Crippen LogP contribution in [-0.2, 0) is 0 Å². The van der Waals surface area contributed by atoms with E-state index < -0.39 is 0 Å². The standard InChI is InChI=1S/C14H21NO3/c1-5-6-7-15-14(16)11-9-13(18-4)12(17-3)8-10(11)2/h8-9H,5-7H2,1-4H3,(H,15,16). The molecule has 0 heterocycles. The zero-order chi connectivity index (χ0) is 13.5. The number of hydrogen-bond acceptors (Lipinski definition) is 3. The minimum Gasteiger partial charge on any atom is -0.493 e. The number of nitrogens with one attached hydrogen (secondary N) is 1. The second-order valence-corrected chi connectivity index (χ2v) is 4.13. The average molecular weight is 251 g/mol. The lowest BCUT2D eigenvalue weighted by Gasteiger charge is -2.12. The van der Waals surface area contributed by atoms with Gasteiger partial charge in [-0.15, -0.1) is 0 Å². The molecule has 0 bridgehead atoms. The Labute approximate surface area is 108 Å². The van der Waals surface area contributed by atoms with Crippen LogP contribution in [0.1, 0.15) is 35.7 Å². The molecule has 0 saturated heterocycles. The van der Waals surface area contributed by atoms with Crippen molar-refractivity contribution in [1.29, 1.82) is 0 Å². The summed E-state index contributed by atoms with van der Waals surface area (Å²) in [6.07, 6.45) is 2.04. The van der Waals surface area contributed by atoms with Crippen LogP contribution in [-0.4, -0.2) is 26.7 Å². The highest BCUT2D eigenvalue weighted by Gasteiger charge is 2.13. The molecule has 1 aromatic rings. The average Bonchev–Trinajstić information content (AvgIpc) is 2.38. The Morgan fingerprint density at radius 1 is 1.22 bits per heavy atom. The van der Waals surface area contributed by atoms with Crippen LogP contribution >= 0.6 is 0 Å². The van der Waals surface area contributed by atoms with Gasteiger partial charge in [0.25, 0.3) is 5.91 Å². The highest BCUT2D eigenvalue weighted by atomic mass is 16.5. The predicted molar refractivity (Wildman–Crippen MR) is 71.5 cm³/mol. The number of methoxy groups -OCH3 is 2. The molecule has 1 aromatic carbocycles. The Morgan fingerprint density at radius 2 is 1.83 bits per heavy atom. The summed E-state index contributed by atoms with van der Waals surface area (Å²) in [4.78, 5) is 12.0. The van der Waals surface area contributed by atoms with Crippen molar-refractivity contribution < 1.29 is 14.3 Å². The summed E-state index contributed by atoms with van der Waals surface area (Å²) in [5.74, 6) is 1.14. The maximum Gasteiger partial charge on any atom is 0.251 e. The Kier molecular flexibility index (Phi) is 5.49. The number of ether oxygens (including phenoxy) is 2. The van der Waals surface area contributed by atoms with E-state index in [1.807, 2.05) is 13.0 Å². The van der Waals surface area contributed by atoms with Gasteiger partial charge in [0.05, 0.1) is 14.2 Å². The van der Waals surface area contributed by atoms with Crippen molar-refractivity contribution in [2.75, 3.05) is 20.8 Å². The van der Waals surface area contributed by atoms with E-state index in [9.17, 15) is 4.79 Å². The van der Waals surface area contributed by atoms with Gasteiger partial charge in [-0.3, -0.25) is 4.79 Å². The van der Waals surface area contributed by atoms with Crippen molar-refractivity contribution in [3.8, 4) is 11.5 Å². The molecule has 0 aromatic heterocycles. The highest BCUT2D eigenvalue weighted by molar-refractivity contribution is 5.96. The van der Waals surface area contributed by atoms with Gasteiger partial charge in [0.1, 0.15) is 0 Å². The summed E-state index contributed by atoms with van der Waals surface area (Å²) >= 11 is 0. The monoisotopic (exact) mass is 251 g/mol. The molecule has 0 saturated carbocycles. The highest BCUT2D eigenvalue weighted by Crippen LogP contribution is 2.30. The lowest BCUT2D eigenvalue weighted by molar-refractivity contribution is 0.0952. The van der Waals surface area contributed by atoms with Crippen LogP contribution in [0.3, 0.4) is 0 Å². The lowest BCUT2D eigenvalue weighted by Crippen LogP contribution is -2.25. The number of rotatable bonds is 6. The molecular formula is C14H21NO3. The van der Waals surface area contributed by atoms with Gasteiger partial charge in [-0.1, -0.05) is 13.3 Å². The van der Waals surface area contributed by atoms with E-state index >= 15 is 0 Å². The van der Waals surface area contributed by atoms with E-state index in [4.69, 9.17) is 9.47 Å². The van der Waals surface area contributed by atoms with Crippen molar-refractivity contribution in [3.63, 3.8) is 0 Å². The van der Waals surface area contributed by atoms with Gasteiger partial charge in [0.2, 0.25) is 0 Å². The first-order valence-electron chi connectivity index (χ1n) is 6.14. The van der Waals surface area contributed by atoms with Crippen LogP contribution in [0.2, 0.25) is 0 Å². The fourth-order valence-corrected chi connectivity index (χ4v) is 1.70.